The van der Waals surface area contributed by atoms with Gasteiger partial charge in [0.2, 0.25) is 0 Å². The van der Waals surface area contributed by atoms with Crippen molar-refractivity contribution in [1.29, 1.82) is 0 Å². The summed E-state index contributed by atoms with van der Waals surface area (Å²) in [5, 5.41) is 7.12. The maximum atomic E-state index is 13.7. The maximum Gasteiger partial charge on any atom is 0.256 e. The number of nitrogens with zero attached hydrogens (tertiary/aromatic N) is 2. The van der Waals surface area contributed by atoms with Gasteiger partial charge in [0.05, 0.1) is 6.54 Å². The first-order valence-electron chi connectivity index (χ1n) is 9.83. The fourth-order valence-corrected chi connectivity index (χ4v) is 3.32. The molecule has 0 spiro atoms. The molecule has 33 heavy (non-hydrogen) atoms. The first-order valence-corrected chi connectivity index (χ1v) is 10.2. The van der Waals surface area contributed by atoms with Gasteiger partial charge in [0.25, 0.3) is 5.91 Å². The molecule has 0 fully saturated rings. The second kappa shape index (κ2) is 9.79. The van der Waals surface area contributed by atoms with Gasteiger partial charge in [0, 0.05) is 17.8 Å². The number of aromatic nitrogens is 2. The lowest BCUT2D eigenvalue weighted by molar-refractivity contribution is 0.102. The van der Waals surface area contributed by atoms with E-state index in [-0.39, 0.29) is 35.6 Å². The van der Waals surface area contributed by atoms with Crippen molar-refractivity contribution in [1.82, 2.24) is 9.78 Å². The fraction of sp³-hybridized carbons (Fsp3) is 0.0833. The zero-order chi connectivity index (χ0) is 23.4. The molecule has 168 valence electrons. The van der Waals surface area contributed by atoms with Gasteiger partial charge < -0.3 is 10.1 Å². The van der Waals surface area contributed by atoms with Gasteiger partial charge in [-0.15, -0.1) is 0 Å². The number of rotatable bonds is 7. The highest BCUT2D eigenvalue weighted by Crippen LogP contribution is 2.22. The van der Waals surface area contributed by atoms with Gasteiger partial charge in [-0.25, -0.2) is 13.2 Å². The van der Waals surface area contributed by atoms with Crippen LogP contribution < -0.4 is 10.1 Å². The zero-order valence-electron chi connectivity index (χ0n) is 17.1. The van der Waals surface area contributed by atoms with Crippen molar-refractivity contribution >= 4 is 23.3 Å². The molecule has 1 aromatic heterocycles. The van der Waals surface area contributed by atoms with Gasteiger partial charge in [-0.3, -0.25) is 9.48 Å². The number of carbonyl (C=O) groups excluding carboxylic acids is 1. The van der Waals surface area contributed by atoms with Crippen molar-refractivity contribution in [2.24, 2.45) is 0 Å². The number of anilines is 1. The third kappa shape index (κ3) is 5.72. The molecule has 1 N–H and O–H groups in total. The lowest BCUT2D eigenvalue weighted by Gasteiger charge is -2.09. The lowest BCUT2D eigenvalue weighted by Crippen LogP contribution is -2.13. The first-order chi connectivity index (χ1) is 15.9. The minimum absolute atomic E-state index is 0.0211. The highest BCUT2D eigenvalue weighted by atomic mass is 35.5. The average Bonchev–Trinajstić information content (AvgIpc) is 3.11. The number of benzene rings is 3. The molecule has 0 saturated carbocycles. The van der Waals surface area contributed by atoms with Gasteiger partial charge in [0.1, 0.15) is 23.3 Å². The van der Waals surface area contributed by atoms with Crippen LogP contribution in [-0.4, -0.2) is 15.7 Å². The molecule has 1 heterocycles. The molecule has 1 amide bonds. The molecule has 9 heteroatoms. The monoisotopic (exact) mass is 471 g/mol. The van der Waals surface area contributed by atoms with Crippen molar-refractivity contribution in [3.8, 4) is 5.75 Å². The summed E-state index contributed by atoms with van der Waals surface area (Å²) >= 11 is 6.19. The summed E-state index contributed by atoms with van der Waals surface area (Å²) in [7, 11) is 0. The Morgan fingerprint density at radius 1 is 0.970 bits per heavy atom. The molecule has 0 aliphatic carbocycles. The Morgan fingerprint density at radius 3 is 2.52 bits per heavy atom. The van der Waals surface area contributed by atoms with E-state index in [0.29, 0.717) is 16.7 Å². The molecule has 0 aliphatic rings. The minimum atomic E-state index is -0.813. The average molecular weight is 472 g/mol. The molecular weight excluding hydrogens is 455 g/mol. The van der Waals surface area contributed by atoms with Crippen LogP contribution in [0.2, 0.25) is 5.02 Å². The number of hydrogen-bond donors (Lipinski definition) is 1. The van der Waals surface area contributed by atoms with Gasteiger partial charge >= 0.3 is 0 Å². The van der Waals surface area contributed by atoms with Gasteiger partial charge in [-0.1, -0.05) is 35.9 Å². The van der Waals surface area contributed by atoms with Crippen LogP contribution in [-0.2, 0) is 13.2 Å². The van der Waals surface area contributed by atoms with E-state index in [0.717, 1.165) is 12.1 Å². The Kier molecular flexibility index (Phi) is 6.65. The van der Waals surface area contributed by atoms with Crippen molar-refractivity contribution in [3.05, 3.63) is 112 Å². The first kappa shape index (κ1) is 22.4. The van der Waals surface area contributed by atoms with Crippen molar-refractivity contribution < 1.29 is 22.7 Å². The molecular formula is C24H17ClF3N3O2. The van der Waals surface area contributed by atoms with Crippen LogP contribution in [0.25, 0.3) is 0 Å². The number of carbonyl (C=O) groups is 1. The standard InChI is InChI=1S/C24H17ClF3N3O2/c25-20-13-31(12-15-3-2-6-18(26)10-15)30-23(20)29-24(32)17-5-1-4-16(9-17)14-33-22-8-7-19(27)11-21(22)28/h1-11,13H,12,14H2,(H,29,30,32). The van der Waals surface area contributed by atoms with Gasteiger partial charge in [-0.05, 0) is 47.5 Å². The van der Waals surface area contributed by atoms with Crippen molar-refractivity contribution in [2.75, 3.05) is 5.32 Å². The second-order valence-electron chi connectivity index (χ2n) is 7.17. The highest BCUT2D eigenvalue weighted by Gasteiger charge is 2.14. The molecule has 4 aromatic rings. The van der Waals surface area contributed by atoms with Gasteiger partial charge in [0.15, 0.2) is 17.4 Å². The van der Waals surface area contributed by atoms with Crippen LogP contribution in [0.5, 0.6) is 5.75 Å². The van der Waals surface area contributed by atoms with E-state index < -0.39 is 17.5 Å². The molecule has 0 unspecified atom stereocenters. The summed E-state index contributed by atoms with van der Waals surface area (Å²) in [6.07, 6.45) is 1.53. The Bertz CT molecular complexity index is 1310. The van der Waals surface area contributed by atoms with Crippen LogP contribution in [0.3, 0.4) is 0 Å². The summed E-state index contributed by atoms with van der Waals surface area (Å²) in [6.45, 7) is 0.257. The normalized spacial score (nSPS) is 10.8. The van der Waals surface area contributed by atoms with E-state index in [1.807, 2.05) is 0 Å². The number of ether oxygens (including phenoxy) is 1. The SMILES string of the molecule is O=C(Nc1nn(Cc2cccc(F)c2)cc1Cl)c1cccc(COc2ccc(F)cc2F)c1. The Balaban J connectivity index is 1.42. The molecule has 3 aromatic carbocycles. The Labute approximate surface area is 192 Å². The predicted octanol–water partition coefficient (Wildman–Crippen LogP) is 5.83. The molecule has 0 bridgehead atoms. The Hall–Kier alpha value is -3.78. The fourth-order valence-electron chi connectivity index (χ4n) is 3.12. The van der Waals surface area contributed by atoms with E-state index in [9.17, 15) is 18.0 Å². The third-order valence-electron chi connectivity index (χ3n) is 4.66. The van der Waals surface area contributed by atoms with Crippen LogP contribution in [0.4, 0.5) is 19.0 Å². The summed E-state index contributed by atoms with van der Waals surface area (Å²) in [4.78, 5) is 12.7. The number of halogens is 4. The van der Waals surface area contributed by atoms with Crippen molar-refractivity contribution in [2.45, 2.75) is 13.2 Å². The second-order valence-corrected chi connectivity index (χ2v) is 7.58. The van der Waals surface area contributed by atoms with Crippen LogP contribution in [0.15, 0.2) is 72.9 Å². The third-order valence-corrected chi connectivity index (χ3v) is 4.94. The molecule has 5 nitrogen and oxygen atoms in total. The van der Waals surface area contributed by atoms with Gasteiger partial charge in [-0.2, -0.15) is 5.10 Å². The summed E-state index contributed by atoms with van der Waals surface area (Å²) in [5.74, 6) is -2.26. The molecule has 4 rings (SSSR count). The summed E-state index contributed by atoms with van der Waals surface area (Å²) in [6, 6.07) is 15.6. The van der Waals surface area contributed by atoms with Crippen LogP contribution >= 0.6 is 11.6 Å². The predicted molar refractivity (Wildman–Crippen MR) is 118 cm³/mol. The van der Waals surface area contributed by atoms with Crippen LogP contribution in [0, 0.1) is 17.5 Å². The van der Waals surface area contributed by atoms with E-state index in [2.05, 4.69) is 10.4 Å². The smallest absolute Gasteiger partial charge is 0.256 e. The molecule has 0 atom stereocenters. The maximum absolute atomic E-state index is 13.7. The largest absolute Gasteiger partial charge is 0.486 e. The molecule has 0 aliphatic heterocycles. The topological polar surface area (TPSA) is 56.2 Å². The van der Waals surface area contributed by atoms with Crippen molar-refractivity contribution in [3.63, 3.8) is 0 Å². The van der Waals surface area contributed by atoms with E-state index >= 15 is 0 Å². The quantitative estimate of drug-likeness (QED) is 0.369. The van der Waals surface area contributed by atoms with E-state index in [1.165, 1.54) is 29.1 Å². The minimum Gasteiger partial charge on any atom is -0.486 e. The zero-order valence-corrected chi connectivity index (χ0v) is 17.8. The van der Waals surface area contributed by atoms with Crippen LogP contribution in [0.1, 0.15) is 21.5 Å². The Morgan fingerprint density at radius 2 is 1.73 bits per heavy atom. The number of amides is 1. The lowest BCUT2D eigenvalue weighted by atomic mass is 10.1. The molecule has 0 saturated heterocycles. The summed E-state index contributed by atoms with van der Waals surface area (Å²) in [5.41, 5.74) is 1.61. The molecule has 0 radical (unpaired) electrons. The number of nitrogens with one attached hydrogen (secondary N) is 1. The van der Waals surface area contributed by atoms with E-state index in [1.54, 1.807) is 36.4 Å². The number of hydrogen-bond acceptors (Lipinski definition) is 3. The summed E-state index contributed by atoms with van der Waals surface area (Å²) < 4.78 is 47.0. The van der Waals surface area contributed by atoms with E-state index in [4.69, 9.17) is 16.3 Å². The highest BCUT2D eigenvalue weighted by molar-refractivity contribution is 6.33.